The van der Waals surface area contributed by atoms with Crippen LogP contribution in [0.15, 0.2) is 121 Å². The second-order valence-electron chi connectivity index (χ2n) is 10.6. The number of quaternary nitrogens is 1. The SMILES string of the molecule is CCOC(=O)C(C(=O)[C@@H](Cc1ccccc1)[N+](C)(C)C)[P+](c1ccccc1)(c1ccccc1)c1ccccc1. The summed E-state index contributed by atoms with van der Waals surface area (Å²) < 4.78 is 6.16. The van der Waals surface area contributed by atoms with Crippen LogP contribution in [-0.4, -0.2) is 55.7 Å². The lowest BCUT2D eigenvalue weighted by molar-refractivity contribution is -0.886. The van der Waals surface area contributed by atoms with Gasteiger partial charge in [-0.05, 0) is 48.9 Å². The van der Waals surface area contributed by atoms with Gasteiger partial charge in [0.25, 0.3) is 0 Å². The van der Waals surface area contributed by atoms with E-state index < -0.39 is 24.9 Å². The van der Waals surface area contributed by atoms with Crippen molar-refractivity contribution in [1.29, 1.82) is 0 Å². The molecule has 0 saturated heterocycles. The number of hydrogen-bond donors (Lipinski definition) is 0. The number of nitrogens with zero attached hydrogens (tertiary/aromatic N) is 1. The van der Waals surface area contributed by atoms with E-state index in [1.54, 1.807) is 6.92 Å². The molecule has 5 heteroatoms. The Kier molecular flexibility index (Phi) is 9.12. The molecule has 0 bridgehead atoms. The minimum atomic E-state index is -2.87. The first-order chi connectivity index (χ1) is 18.8. The largest absolute Gasteiger partial charge is 0.463 e. The molecule has 39 heavy (non-hydrogen) atoms. The van der Waals surface area contributed by atoms with Gasteiger partial charge >= 0.3 is 5.97 Å². The predicted octanol–water partition coefficient (Wildman–Crippen LogP) is 4.80. The normalized spacial score (nSPS) is 13.3. The van der Waals surface area contributed by atoms with Crippen LogP contribution in [-0.2, 0) is 20.7 Å². The number of ketones is 1. The molecule has 0 aromatic heterocycles. The molecule has 2 atom stereocenters. The van der Waals surface area contributed by atoms with Gasteiger partial charge in [-0.1, -0.05) is 84.9 Å². The van der Waals surface area contributed by atoms with Gasteiger partial charge in [0.15, 0.2) is 6.04 Å². The molecule has 0 aliphatic heterocycles. The molecule has 0 radical (unpaired) electrons. The van der Waals surface area contributed by atoms with Crippen LogP contribution in [0.3, 0.4) is 0 Å². The maximum Gasteiger partial charge on any atom is 0.356 e. The maximum atomic E-state index is 15.1. The fourth-order valence-electron chi connectivity index (χ4n) is 5.35. The van der Waals surface area contributed by atoms with E-state index in [-0.39, 0.29) is 12.4 Å². The van der Waals surface area contributed by atoms with Crippen LogP contribution >= 0.6 is 7.26 Å². The van der Waals surface area contributed by atoms with Crippen molar-refractivity contribution >= 4 is 34.9 Å². The number of likely N-dealkylation sites (N-methyl/N-ethyl adjacent to an activating group) is 1. The van der Waals surface area contributed by atoms with Crippen LogP contribution in [0.25, 0.3) is 0 Å². The van der Waals surface area contributed by atoms with Gasteiger partial charge in [-0.15, -0.1) is 0 Å². The first-order valence-corrected chi connectivity index (χ1v) is 15.3. The molecule has 0 saturated carbocycles. The van der Waals surface area contributed by atoms with E-state index in [1.165, 1.54) is 0 Å². The molecular weight excluding hydrogens is 501 g/mol. The summed E-state index contributed by atoms with van der Waals surface area (Å²) in [6.45, 7) is 2.00. The molecule has 4 aromatic rings. The molecule has 0 aliphatic carbocycles. The van der Waals surface area contributed by atoms with E-state index >= 15 is 4.79 Å². The topological polar surface area (TPSA) is 43.4 Å². The van der Waals surface area contributed by atoms with Gasteiger partial charge in [-0.2, -0.15) is 0 Å². The number of esters is 1. The summed E-state index contributed by atoms with van der Waals surface area (Å²) in [7, 11) is 3.22. The summed E-state index contributed by atoms with van der Waals surface area (Å²) in [6.07, 6.45) is 0.525. The number of benzene rings is 4. The average Bonchev–Trinajstić information content (AvgIpc) is 2.96. The Morgan fingerprint density at radius 2 is 1.05 bits per heavy atom. The first-order valence-electron chi connectivity index (χ1n) is 13.4. The van der Waals surface area contributed by atoms with Crippen molar-refractivity contribution < 1.29 is 18.8 Å². The molecule has 0 N–H and O–H groups in total. The Bertz CT molecular complexity index is 1260. The van der Waals surface area contributed by atoms with E-state index in [9.17, 15) is 4.79 Å². The van der Waals surface area contributed by atoms with Crippen LogP contribution in [0.5, 0.6) is 0 Å². The third-order valence-electron chi connectivity index (χ3n) is 7.19. The summed E-state index contributed by atoms with van der Waals surface area (Å²) in [4.78, 5) is 29.3. The summed E-state index contributed by atoms with van der Waals surface area (Å²) in [6, 6.07) is 39.8. The number of carbonyl (C=O) groups excluding carboxylic acids is 2. The smallest absolute Gasteiger partial charge is 0.356 e. The Morgan fingerprint density at radius 1 is 0.667 bits per heavy atom. The van der Waals surface area contributed by atoms with E-state index in [0.29, 0.717) is 10.9 Å². The molecule has 0 spiro atoms. The molecule has 4 aromatic carbocycles. The molecular formula is C34H38NO3P+2. The van der Waals surface area contributed by atoms with Gasteiger partial charge in [0, 0.05) is 6.42 Å². The third kappa shape index (κ3) is 6.03. The first kappa shape index (κ1) is 28.4. The fourth-order valence-corrected chi connectivity index (χ4v) is 10.0. The van der Waals surface area contributed by atoms with E-state index in [2.05, 4.69) is 36.4 Å². The van der Waals surface area contributed by atoms with Gasteiger partial charge in [-0.25, -0.2) is 4.79 Å². The lowest BCUT2D eigenvalue weighted by atomic mass is 9.98. The van der Waals surface area contributed by atoms with Crippen LogP contribution in [0.1, 0.15) is 12.5 Å². The van der Waals surface area contributed by atoms with Crippen molar-refractivity contribution in [2.75, 3.05) is 27.7 Å². The highest BCUT2D eigenvalue weighted by Crippen LogP contribution is 2.60. The third-order valence-corrected chi connectivity index (χ3v) is 11.8. The standard InChI is InChI=1S/C34H38NO3P/c1-5-38-34(37)33(32(36)31(35(2,3)4)26-27-18-10-6-11-19-27)39(28-20-12-7-13-21-28,29-22-14-8-15-23-29)30-24-16-9-17-25-30/h6-25,31,33H,5,26H2,1-4H3/q+2/t31-,33?/m1/s1. The highest BCUT2D eigenvalue weighted by molar-refractivity contribution is 7.97. The second-order valence-corrected chi connectivity index (χ2v) is 14.1. The molecule has 0 amide bonds. The minimum Gasteiger partial charge on any atom is -0.463 e. The Morgan fingerprint density at radius 3 is 1.41 bits per heavy atom. The molecule has 1 unspecified atom stereocenters. The zero-order valence-electron chi connectivity index (χ0n) is 23.2. The van der Waals surface area contributed by atoms with Crippen molar-refractivity contribution in [1.82, 2.24) is 0 Å². The van der Waals surface area contributed by atoms with Gasteiger partial charge in [0.05, 0.1) is 27.7 Å². The van der Waals surface area contributed by atoms with E-state index in [4.69, 9.17) is 4.74 Å². The number of carbonyl (C=O) groups is 2. The summed E-state index contributed by atoms with van der Waals surface area (Å²) in [5.41, 5.74) is 0.0605. The Hall–Kier alpha value is -3.59. The average molecular weight is 540 g/mol. The van der Waals surface area contributed by atoms with E-state index in [0.717, 1.165) is 21.5 Å². The molecule has 4 rings (SSSR count). The molecule has 0 fully saturated rings. The Balaban J connectivity index is 2.05. The van der Waals surface area contributed by atoms with Crippen molar-refractivity contribution in [3.05, 3.63) is 127 Å². The number of Topliss-reactive ketones (excluding diaryl/α,β-unsaturated/α-hetero) is 1. The zero-order valence-corrected chi connectivity index (χ0v) is 24.1. The molecule has 0 aliphatic rings. The van der Waals surface area contributed by atoms with Gasteiger partial charge in [0.1, 0.15) is 23.2 Å². The summed E-state index contributed by atoms with van der Waals surface area (Å²) >= 11 is 0. The summed E-state index contributed by atoms with van der Waals surface area (Å²) in [5.74, 6) is -0.548. The minimum absolute atomic E-state index is 0.0882. The predicted molar refractivity (Wildman–Crippen MR) is 163 cm³/mol. The molecule has 200 valence electrons. The van der Waals surface area contributed by atoms with Crippen LogP contribution < -0.4 is 15.9 Å². The fraction of sp³-hybridized carbons (Fsp3) is 0.235. The molecule has 4 nitrogen and oxygen atoms in total. The molecule has 0 heterocycles. The quantitative estimate of drug-likeness (QED) is 0.119. The number of hydrogen-bond acceptors (Lipinski definition) is 3. The lowest BCUT2D eigenvalue weighted by Crippen LogP contribution is -2.58. The maximum absolute atomic E-state index is 15.1. The highest BCUT2D eigenvalue weighted by atomic mass is 31.2. The lowest BCUT2D eigenvalue weighted by Gasteiger charge is -2.38. The summed E-state index contributed by atoms with van der Waals surface area (Å²) in [5, 5.41) is 2.94. The van der Waals surface area contributed by atoms with Gasteiger partial charge in [0.2, 0.25) is 11.4 Å². The monoisotopic (exact) mass is 539 g/mol. The van der Waals surface area contributed by atoms with Crippen molar-refractivity contribution in [3.8, 4) is 0 Å². The second kappa shape index (κ2) is 12.5. The number of ether oxygens (including phenoxy) is 1. The van der Waals surface area contributed by atoms with Crippen LogP contribution in [0, 0.1) is 0 Å². The number of rotatable bonds is 11. The highest BCUT2D eigenvalue weighted by Gasteiger charge is 2.62. The van der Waals surface area contributed by atoms with Crippen LogP contribution in [0.4, 0.5) is 0 Å². The van der Waals surface area contributed by atoms with Crippen molar-refractivity contribution in [2.45, 2.75) is 25.0 Å². The van der Waals surface area contributed by atoms with Crippen molar-refractivity contribution in [2.24, 2.45) is 0 Å². The van der Waals surface area contributed by atoms with Crippen LogP contribution in [0.2, 0.25) is 0 Å². The van der Waals surface area contributed by atoms with E-state index in [1.807, 2.05) is 106 Å². The Labute approximate surface area is 233 Å². The zero-order chi connectivity index (χ0) is 27.9. The van der Waals surface area contributed by atoms with Crippen molar-refractivity contribution in [3.63, 3.8) is 0 Å². The van der Waals surface area contributed by atoms with Gasteiger partial charge in [-0.3, -0.25) is 4.79 Å². The van der Waals surface area contributed by atoms with Gasteiger partial charge < -0.3 is 9.22 Å².